The van der Waals surface area contributed by atoms with Gasteiger partial charge in [-0.15, -0.1) is 0 Å². The Hall–Kier alpha value is -2.30. The molecule has 2 aromatic rings. The number of rotatable bonds is 2. The van der Waals surface area contributed by atoms with Crippen LogP contribution in [0.4, 0.5) is 0 Å². The third-order valence-corrected chi connectivity index (χ3v) is 3.24. The van der Waals surface area contributed by atoms with E-state index >= 15 is 0 Å². The van der Waals surface area contributed by atoms with Crippen molar-refractivity contribution in [1.29, 1.82) is 0 Å². The molecule has 0 spiro atoms. The zero-order valence-corrected chi connectivity index (χ0v) is 10.8. The number of aromatic nitrogens is 2. The van der Waals surface area contributed by atoms with Crippen LogP contribution in [-0.4, -0.2) is 29.3 Å². The quantitative estimate of drug-likeness (QED) is 0.773. The molecule has 0 atom stereocenters. The Balaban J connectivity index is 2.19. The van der Waals surface area contributed by atoms with Crippen LogP contribution < -0.4 is 9.47 Å². The van der Waals surface area contributed by atoms with Gasteiger partial charge >= 0.3 is 0 Å². The van der Waals surface area contributed by atoms with Crippen LogP contribution in [0.5, 0.6) is 11.5 Å². The van der Waals surface area contributed by atoms with Gasteiger partial charge in [-0.05, 0) is 24.6 Å². The van der Waals surface area contributed by atoms with Gasteiger partial charge < -0.3 is 9.47 Å². The number of benzene rings is 1. The number of hydrogen-bond donors (Lipinski definition) is 0. The van der Waals surface area contributed by atoms with Gasteiger partial charge in [-0.3, -0.25) is 9.48 Å². The molecule has 1 aromatic carbocycles. The lowest BCUT2D eigenvalue weighted by molar-refractivity contribution is 0.112. The van der Waals surface area contributed by atoms with Crippen molar-refractivity contribution in [3.05, 3.63) is 29.5 Å². The van der Waals surface area contributed by atoms with Crippen LogP contribution in [0.3, 0.4) is 0 Å². The average Bonchev–Trinajstić information content (AvgIpc) is 2.79. The van der Waals surface area contributed by atoms with Gasteiger partial charge in [0.15, 0.2) is 17.8 Å². The molecule has 98 valence electrons. The summed E-state index contributed by atoms with van der Waals surface area (Å²) < 4.78 is 12.8. The first-order valence-corrected chi connectivity index (χ1v) is 6.08. The van der Waals surface area contributed by atoms with E-state index in [1.54, 1.807) is 10.9 Å². The fourth-order valence-corrected chi connectivity index (χ4v) is 2.32. The number of nitrogens with zero attached hydrogens (tertiary/aromatic N) is 2. The largest absolute Gasteiger partial charge is 0.486 e. The van der Waals surface area contributed by atoms with E-state index in [9.17, 15) is 4.79 Å². The van der Waals surface area contributed by atoms with Crippen LogP contribution in [-0.2, 0) is 7.05 Å². The first-order valence-electron chi connectivity index (χ1n) is 6.08. The van der Waals surface area contributed by atoms with Crippen molar-refractivity contribution >= 4 is 6.29 Å². The van der Waals surface area contributed by atoms with Crippen molar-refractivity contribution in [3.8, 4) is 22.8 Å². The van der Waals surface area contributed by atoms with Crippen molar-refractivity contribution in [1.82, 2.24) is 9.78 Å². The highest BCUT2D eigenvalue weighted by molar-refractivity contribution is 5.87. The monoisotopic (exact) mass is 258 g/mol. The molecule has 19 heavy (non-hydrogen) atoms. The third kappa shape index (κ3) is 1.87. The topological polar surface area (TPSA) is 53.4 Å². The molecule has 0 fully saturated rings. The minimum atomic E-state index is 0.543. The number of aldehydes is 1. The second kappa shape index (κ2) is 4.42. The summed E-state index contributed by atoms with van der Waals surface area (Å²) in [5, 5.41) is 4.13. The SMILES string of the molecule is Cc1cc2c(cc1-c1c(C=O)cnn1C)OCCO2. The molecule has 0 bridgehead atoms. The molecule has 0 saturated carbocycles. The van der Waals surface area contributed by atoms with E-state index in [4.69, 9.17) is 9.47 Å². The fraction of sp³-hybridized carbons (Fsp3) is 0.286. The van der Waals surface area contributed by atoms with E-state index < -0.39 is 0 Å². The Kier molecular flexibility index (Phi) is 2.74. The lowest BCUT2D eigenvalue weighted by Gasteiger charge is -2.20. The zero-order chi connectivity index (χ0) is 13.4. The molecular formula is C14H14N2O3. The van der Waals surface area contributed by atoms with Crippen molar-refractivity contribution in [2.24, 2.45) is 7.05 Å². The van der Waals surface area contributed by atoms with Crippen molar-refractivity contribution in [2.45, 2.75) is 6.92 Å². The highest BCUT2D eigenvalue weighted by Gasteiger charge is 2.18. The van der Waals surface area contributed by atoms with Gasteiger partial charge in [0.25, 0.3) is 0 Å². The number of aryl methyl sites for hydroxylation is 2. The molecule has 0 unspecified atom stereocenters. The van der Waals surface area contributed by atoms with E-state index in [-0.39, 0.29) is 0 Å². The normalized spacial score (nSPS) is 13.4. The highest BCUT2D eigenvalue weighted by Crippen LogP contribution is 2.37. The van der Waals surface area contributed by atoms with Crippen LogP contribution in [0, 0.1) is 6.92 Å². The number of fused-ring (bicyclic) bond motifs is 1. The van der Waals surface area contributed by atoms with Gasteiger partial charge in [0.2, 0.25) is 0 Å². The van der Waals surface area contributed by atoms with E-state index in [0.29, 0.717) is 24.5 Å². The molecule has 5 nitrogen and oxygen atoms in total. The van der Waals surface area contributed by atoms with Gasteiger partial charge in [0.1, 0.15) is 13.2 Å². The number of carbonyl (C=O) groups is 1. The molecule has 0 N–H and O–H groups in total. The van der Waals surface area contributed by atoms with Crippen LogP contribution >= 0.6 is 0 Å². The Labute approximate surface area is 110 Å². The fourth-order valence-electron chi connectivity index (χ4n) is 2.32. The molecule has 3 rings (SSSR count). The summed E-state index contributed by atoms with van der Waals surface area (Å²) >= 11 is 0. The molecule has 0 saturated heterocycles. The molecule has 0 radical (unpaired) electrons. The smallest absolute Gasteiger partial charge is 0.162 e. The molecule has 5 heteroatoms. The zero-order valence-electron chi connectivity index (χ0n) is 10.8. The Morgan fingerprint density at radius 2 is 1.95 bits per heavy atom. The first-order chi connectivity index (χ1) is 9.20. The standard InChI is InChI=1S/C14H14N2O3/c1-9-5-12-13(19-4-3-18-12)6-11(9)14-10(8-17)7-15-16(14)2/h5-8H,3-4H2,1-2H3. The van der Waals surface area contributed by atoms with Gasteiger partial charge in [0, 0.05) is 12.6 Å². The number of ether oxygens (including phenoxy) is 2. The Bertz CT molecular complexity index is 646. The predicted molar refractivity (Wildman–Crippen MR) is 69.8 cm³/mol. The van der Waals surface area contributed by atoms with Gasteiger partial charge in [-0.1, -0.05) is 0 Å². The van der Waals surface area contributed by atoms with E-state index in [1.165, 1.54) is 0 Å². The minimum Gasteiger partial charge on any atom is -0.486 e. The summed E-state index contributed by atoms with van der Waals surface area (Å²) in [7, 11) is 1.82. The molecule has 0 aliphatic carbocycles. The average molecular weight is 258 g/mol. The van der Waals surface area contributed by atoms with Crippen LogP contribution in [0.1, 0.15) is 15.9 Å². The maximum Gasteiger partial charge on any atom is 0.162 e. The van der Waals surface area contributed by atoms with Crippen LogP contribution in [0.15, 0.2) is 18.3 Å². The third-order valence-electron chi connectivity index (χ3n) is 3.24. The van der Waals surface area contributed by atoms with Gasteiger partial charge in [0.05, 0.1) is 17.5 Å². The maximum atomic E-state index is 11.1. The van der Waals surface area contributed by atoms with Crippen molar-refractivity contribution in [2.75, 3.05) is 13.2 Å². The molecule has 1 aliphatic heterocycles. The van der Waals surface area contributed by atoms with Crippen LogP contribution in [0.25, 0.3) is 11.3 Å². The van der Waals surface area contributed by atoms with E-state index in [2.05, 4.69) is 5.10 Å². The Morgan fingerprint density at radius 1 is 1.26 bits per heavy atom. The van der Waals surface area contributed by atoms with Crippen molar-refractivity contribution in [3.63, 3.8) is 0 Å². The summed E-state index contributed by atoms with van der Waals surface area (Å²) in [5.74, 6) is 1.47. The summed E-state index contributed by atoms with van der Waals surface area (Å²) in [6.45, 7) is 3.09. The highest BCUT2D eigenvalue weighted by atomic mass is 16.6. The summed E-state index contributed by atoms with van der Waals surface area (Å²) in [6, 6.07) is 3.85. The van der Waals surface area contributed by atoms with Gasteiger partial charge in [-0.25, -0.2) is 0 Å². The first kappa shape index (κ1) is 11.8. The summed E-state index contributed by atoms with van der Waals surface area (Å²) in [5.41, 5.74) is 3.33. The molecule has 0 amide bonds. The minimum absolute atomic E-state index is 0.543. The molecule has 2 heterocycles. The lowest BCUT2D eigenvalue weighted by atomic mass is 10.0. The number of hydrogen-bond acceptors (Lipinski definition) is 4. The van der Waals surface area contributed by atoms with E-state index in [0.717, 1.165) is 28.9 Å². The maximum absolute atomic E-state index is 11.1. The summed E-state index contributed by atoms with van der Waals surface area (Å²) in [4.78, 5) is 11.1. The summed E-state index contributed by atoms with van der Waals surface area (Å²) in [6.07, 6.45) is 2.39. The number of carbonyl (C=O) groups excluding carboxylic acids is 1. The Morgan fingerprint density at radius 3 is 2.63 bits per heavy atom. The van der Waals surface area contributed by atoms with Crippen molar-refractivity contribution < 1.29 is 14.3 Å². The van der Waals surface area contributed by atoms with Crippen LogP contribution in [0.2, 0.25) is 0 Å². The second-order valence-corrected chi connectivity index (χ2v) is 4.50. The molecule has 1 aromatic heterocycles. The van der Waals surface area contributed by atoms with Gasteiger partial charge in [-0.2, -0.15) is 5.10 Å². The lowest BCUT2D eigenvalue weighted by Crippen LogP contribution is -2.15. The molecule has 1 aliphatic rings. The van der Waals surface area contributed by atoms with E-state index in [1.807, 2.05) is 26.1 Å². The second-order valence-electron chi connectivity index (χ2n) is 4.50. The predicted octanol–water partition coefficient (Wildman–Crippen LogP) is 1.98. The molecular weight excluding hydrogens is 244 g/mol.